The van der Waals surface area contributed by atoms with Gasteiger partial charge in [0.2, 0.25) is 5.56 Å². The molecule has 2 aromatic heterocycles. The molecule has 3 heteroatoms. The van der Waals surface area contributed by atoms with Crippen LogP contribution in [0.3, 0.4) is 0 Å². The molecule has 1 N–H and O–H groups in total. The summed E-state index contributed by atoms with van der Waals surface area (Å²) in [6.07, 6.45) is 1.79. The Balaban J connectivity index is 2.91. The summed E-state index contributed by atoms with van der Waals surface area (Å²) < 4.78 is 2.16. The molecular formula is C12H16N2O. The first kappa shape index (κ1) is 10.0. The zero-order valence-corrected chi connectivity index (χ0v) is 9.59. The van der Waals surface area contributed by atoms with Crippen LogP contribution in [0, 0.1) is 6.92 Å². The summed E-state index contributed by atoms with van der Waals surface area (Å²) in [7, 11) is 2.04. The van der Waals surface area contributed by atoms with E-state index in [2.05, 4.69) is 30.3 Å². The normalized spacial score (nSPS) is 11.5. The lowest BCUT2D eigenvalue weighted by Crippen LogP contribution is -2.02. The highest BCUT2D eigenvalue weighted by Crippen LogP contribution is 2.27. The lowest BCUT2D eigenvalue weighted by atomic mass is 10.1. The Bertz CT molecular complexity index is 561. The maximum atomic E-state index is 11.3. The predicted octanol–water partition coefficient (Wildman–Crippen LogP) is 2.30. The standard InChI is InChI=1S/C12H16N2O/c1-7(2)12-8(3)9-5-11(15)13-6-10(9)14(12)4/h5-7H,1-4H3,(H,13,15). The fourth-order valence-electron chi connectivity index (χ4n) is 2.38. The number of aryl methyl sites for hydroxylation is 2. The van der Waals surface area contributed by atoms with Crippen LogP contribution in [0.2, 0.25) is 0 Å². The van der Waals surface area contributed by atoms with Crippen molar-refractivity contribution in [2.45, 2.75) is 26.7 Å². The number of rotatable bonds is 1. The van der Waals surface area contributed by atoms with E-state index in [-0.39, 0.29) is 5.56 Å². The van der Waals surface area contributed by atoms with Crippen LogP contribution in [0.4, 0.5) is 0 Å². The van der Waals surface area contributed by atoms with Gasteiger partial charge in [0, 0.05) is 30.4 Å². The molecule has 0 fully saturated rings. The molecule has 0 saturated carbocycles. The van der Waals surface area contributed by atoms with E-state index < -0.39 is 0 Å². The summed E-state index contributed by atoms with van der Waals surface area (Å²) in [6.45, 7) is 6.42. The first-order valence-electron chi connectivity index (χ1n) is 5.20. The second kappa shape index (κ2) is 3.26. The molecule has 0 amide bonds. The highest BCUT2D eigenvalue weighted by Gasteiger charge is 2.14. The zero-order chi connectivity index (χ0) is 11.2. The Morgan fingerprint density at radius 3 is 2.67 bits per heavy atom. The van der Waals surface area contributed by atoms with E-state index in [0.29, 0.717) is 5.92 Å². The third kappa shape index (κ3) is 1.39. The molecule has 3 nitrogen and oxygen atoms in total. The van der Waals surface area contributed by atoms with E-state index in [4.69, 9.17) is 0 Å². The lowest BCUT2D eigenvalue weighted by Gasteiger charge is -2.08. The van der Waals surface area contributed by atoms with Crippen molar-refractivity contribution in [3.8, 4) is 0 Å². The summed E-state index contributed by atoms with van der Waals surface area (Å²) in [6, 6.07) is 1.68. The Kier molecular flexibility index (Phi) is 2.18. The first-order valence-corrected chi connectivity index (χ1v) is 5.20. The average Bonchev–Trinajstić information content (AvgIpc) is 2.39. The van der Waals surface area contributed by atoms with Crippen LogP contribution in [0.15, 0.2) is 17.1 Å². The molecular weight excluding hydrogens is 188 g/mol. The van der Waals surface area contributed by atoms with Gasteiger partial charge in [0.25, 0.3) is 0 Å². The Morgan fingerprint density at radius 2 is 2.07 bits per heavy atom. The zero-order valence-electron chi connectivity index (χ0n) is 9.59. The molecule has 0 unspecified atom stereocenters. The minimum absolute atomic E-state index is 0.0356. The van der Waals surface area contributed by atoms with Crippen molar-refractivity contribution in [1.82, 2.24) is 9.55 Å². The molecule has 0 aliphatic heterocycles. The highest BCUT2D eigenvalue weighted by atomic mass is 16.1. The van der Waals surface area contributed by atoms with Gasteiger partial charge in [-0.25, -0.2) is 0 Å². The van der Waals surface area contributed by atoms with E-state index in [1.54, 1.807) is 12.3 Å². The molecule has 15 heavy (non-hydrogen) atoms. The fraction of sp³-hybridized carbons (Fsp3) is 0.417. The van der Waals surface area contributed by atoms with Gasteiger partial charge in [0.1, 0.15) is 0 Å². The number of nitrogens with one attached hydrogen (secondary N) is 1. The number of H-pyrrole nitrogens is 1. The molecule has 2 heterocycles. The monoisotopic (exact) mass is 204 g/mol. The van der Waals surface area contributed by atoms with E-state index in [1.165, 1.54) is 11.3 Å². The number of fused-ring (bicyclic) bond motifs is 1. The molecule has 0 radical (unpaired) electrons. The van der Waals surface area contributed by atoms with Crippen molar-refractivity contribution in [2.24, 2.45) is 7.05 Å². The predicted molar refractivity (Wildman–Crippen MR) is 62.4 cm³/mol. The van der Waals surface area contributed by atoms with Gasteiger partial charge in [-0.05, 0) is 18.4 Å². The van der Waals surface area contributed by atoms with Gasteiger partial charge >= 0.3 is 0 Å². The molecule has 80 valence electrons. The highest BCUT2D eigenvalue weighted by molar-refractivity contribution is 5.84. The van der Waals surface area contributed by atoms with Gasteiger partial charge in [-0.1, -0.05) is 13.8 Å². The molecule has 2 rings (SSSR count). The molecule has 0 saturated heterocycles. The van der Waals surface area contributed by atoms with E-state index >= 15 is 0 Å². The Morgan fingerprint density at radius 1 is 1.40 bits per heavy atom. The molecule has 0 aliphatic rings. The van der Waals surface area contributed by atoms with Crippen LogP contribution in [-0.2, 0) is 7.05 Å². The van der Waals surface area contributed by atoms with Crippen LogP contribution in [0.25, 0.3) is 10.9 Å². The average molecular weight is 204 g/mol. The van der Waals surface area contributed by atoms with Gasteiger partial charge in [-0.3, -0.25) is 4.79 Å². The summed E-state index contributed by atoms with van der Waals surface area (Å²) in [5.41, 5.74) is 3.57. The van der Waals surface area contributed by atoms with Crippen molar-refractivity contribution < 1.29 is 0 Å². The quantitative estimate of drug-likeness (QED) is 0.760. The third-order valence-electron chi connectivity index (χ3n) is 2.96. The number of pyridine rings is 1. The number of nitrogens with zero attached hydrogens (tertiary/aromatic N) is 1. The number of aromatic nitrogens is 2. The first-order chi connectivity index (χ1) is 7.02. The Hall–Kier alpha value is -1.51. The van der Waals surface area contributed by atoms with Crippen LogP contribution in [0.1, 0.15) is 31.0 Å². The van der Waals surface area contributed by atoms with E-state index in [0.717, 1.165) is 10.9 Å². The topological polar surface area (TPSA) is 37.8 Å². The van der Waals surface area contributed by atoms with Crippen LogP contribution >= 0.6 is 0 Å². The number of hydrogen-bond acceptors (Lipinski definition) is 1. The maximum Gasteiger partial charge on any atom is 0.248 e. The second-order valence-electron chi connectivity index (χ2n) is 4.32. The van der Waals surface area contributed by atoms with Gasteiger partial charge in [0.05, 0.1) is 5.52 Å². The number of aromatic amines is 1. The summed E-state index contributed by atoms with van der Waals surface area (Å²) >= 11 is 0. The SMILES string of the molecule is Cc1c(C(C)C)n(C)c2c[nH]c(=O)cc12. The van der Waals surface area contributed by atoms with Crippen molar-refractivity contribution >= 4 is 10.9 Å². The maximum absolute atomic E-state index is 11.3. The molecule has 0 atom stereocenters. The Labute approximate surface area is 88.7 Å². The van der Waals surface area contributed by atoms with Crippen molar-refractivity contribution in [3.63, 3.8) is 0 Å². The fourth-order valence-corrected chi connectivity index (χ4v) is 2.38. The molecule has 0 aromatic carbocycles. The van der Waals surface area contributed by atoms with Gasteiger partial charge < -0.3 is 9.55 Å². The smallest absolute Gasteiger partial charge is 0.248 e. The second-order valence-corrected chi connectivity index (χ2v) is 4.32. The van der Waals surface area contributed by atoms with Crippen molar-refractivity contribution in [2.75, 3.05) is 0 Å². The number of hydrogen-bond donors (Lipinski definition) is 1. The minimum Gasteiger partial charge on any atom is -0.346 e. The largest absolute Gasteiger partial charge is 0.346 e. The lowest BCUT2D eigenvalue weighted by molar-refractivity contribution is 0.747. The summed E-state index contributed by atoms with van der Waals surface area (Å²) in [4.78, 5) is 14.0. The van der Waals surface area contributed by atoms with Crippen molar-refractivity contribution in [1.29, 1.82) is 0 Å². The molecule has 2 aromatic rings. The van der Waals surface area contributed by atoms with E-state index in [1.807, 2.05) is 7.05 Å². The van der Waals surface area contributed by atoms with Gasteiger partial charge in [-0.15, -0.1) is 0 Å². The summed E-state index contributed by atoms with van der Waals surface area (Å²) in [5, 5.41) is 1.06. The van der Waals surface area contributed by atoms with Crippen molar-refractivity contribution in [3.05, 3.63) is 33.9 Å². The van der Waals surface area contributed by atoms with Crippen LogP contribution in [0.5, 0.6) is 0 Å². The van der Waals surface area contributed by atoms with Gasteiger partial charge in [0.15, 0.2) is 0 Å². The third-order valence-corrected chi connectivity index (χ3v) is 2.96. The van der Waals surface area contributed by atoms with E-state index in [9.17, 15) is 4.79 Å². The molecule has 0 spiro atoms. The van der Waals surface area contributed by atoms with Crippen LogP contribution in [-0.4, -0.2) is 9.55 Å². The van der Waals surface area contributed by atoms with Gasteiger partial charge in [-0.2, -0.15) is 0 Å². The summed E-state index contributed by atoms with van der Waals surface area (Å²) in [5.74, 6) is 0.470. The molecule has 0 bridgehead atoms. The minimum atomic E-state index is -0.0356. The molecule has 0 aliphatic carbocycles. The van der Waals surface area contributed by atoms with Crippen LogP contribution < -0.4 is 5.56 Å².